The molecule has 30 heavy (non-hydrogen) atoms. The Morgan fingerprint density at radius 3 is 2.00 bits per heavy atom. The van der Waals surface area contributed by atoms with Gasteiger partial charge in [-0.25, -0.2) is 9.59 Å². The molecule has 0 fully saturated rings. The van der Waals surface area contributed by atoms with Gasteiger partial charge in [-0.1, -0.05) is 48.5 Å². The van der Waals surface area contributed by atoms with Gasteiger partial charge in [-0.2, -0.15) is 8.42 Å². The van der Waals surface area contributed by atoms with Crippen LogP contribution in [0.2, 0.25) is 0 Å². The first-order valence-electron chi connectivity index (χ1n) is 8.22. The molecular formula is C18H17NNa2O7S2. The quantitative estimate of drug-likeness (QED) is 0.318. The standard InChI is InChI=1S/C18H17NO7S2.2Na/c20-17(21)16(10-27-28(23,24)25)19-18(22)26-9-15-13-7-3-1-5-11(13)12-6-2-4-8-14(12)15;;/h1-8,15-16H,9-10H2,(H,19,22)(H,20,21)(H,23,24,25);;/t16-;;/m0../s1. The van der Waals surface area contributed by atoms with Crippen LogP contribution >= 0.6 is 10.8 Å². The van der Waals surface area contributed by atoms with Crippen molar-refractivity contribution < 1.29 is 32.4 Å². The Morgan fingerprint density at radius 1 is 1.03 bits per heavy atom. The normalized spacial score (nSPS) is 13.1. The molecule has 2 aromatic rings. The number of alkyl carbamates (subject to hydrolysis) is 1. The molecule has 2 radical (unpaired) electrons. The number of hydrogen-bond acceptors (Lipinski definition) is 6. The molecule has 0 aliphatic heterocycles. The minimum atomic E-state index is -4.42. The van der Waals surface area contributed by atoms with Gasteiger partial charge >= 0.3 is 21.2 Å². The molecule has 0 unspecified atom stereocenters. The zero-order chi connectivity index (χ0) is 20.3. The molecule has 0 saturated carbocycles. The number of aliphatic carboxylic acids is 1. The molecule has 0 heterocycles. The van der Waals surface area contributed by atoms with Gasteiger partial charge in [0.15, 0.2) is 0 Å². The smallest absolute Gasteiger partial charge is 0.407 e. The van der Waals surface area contributed by atoms with Gasteiger partial charge in [0.2, 0.25) is 0 Å². The van der Waals surface area contributed by atoms with Crippen LogP contribution < -0.4 is 5.32 Å². The minimum Gasteiger partial charge on any atom is -0.480 e. The molecule has 1 aliphatic carbocycles. The van der Waals surface area contributed by atoms with E-state index in [1.165, 1.54) is 0 Å². The fourth-order valence-electron chi connectivity index (χ4n) is 3.11. The Kier molecular flexibility index (Phi) is 10.9. The number of nitrogens with one attached hydrogen (secondary N) is 1. The van der Waals surface area contributed by atoms with Gasteiger partial charge in [0, 0.05) is 70.8 Å². The molecule has 1 aliphatic rings. The van der Waals surface area contributed by atoms with E-state index in [-0.39, 0.29) is 82.4 Å². The molecule has 3 N–H and O–H groups in total. The largest absolute Gasteiger partial charge is 0.480 e. The van der Waals surface area contributed by atoms with Crippen molar-refractivity contribution >= 4 is 91.1 Å². The zero-order valence-corrected chi connectivity index (χ0v) is 22.1. The van der Waals surface area contributed by atoms with Crippen LogP contribution in [0.3, 0.4) is 0 Å². The molecule has 3 rings (SSSR count). The molecule has 8 nitrogen and oxygen atoms in total. The molecule has 150 valence electrons. The van der Waals surface area contributed by atoms with E-state index in [1.54, 1.807) is 0 Å². The Balaban J connectivity index is 0.00000225. The summed E-state index contributed by atoms with van der Waals surface area (Å²) < 4.78 is 35.4. The van der Waals surface area contributed by atoms with Crippen molar-refractivity contribution in [2.75, 3.05) is 12.4 Å². The van der Waals surface area contributed by atoms with Gasteiger partial charge in [-0.05, 0) is 33.0 Å². The maximum atomic E-state index is 12.0. The van der Waals surface area contributed by atoms with Gasteiger partial charge in [-0.15, -0.1) is 0 Å². The van der Waals surface area contributed by atoms with Crippen molar-refractivity contribution in [1.29, 1.82) is 0 Å². The number of fused-ring (bicyclic) bond motifs is 3. The number of amides is 1. The fourth-order valence-corrected chi connectivity index (χ4v) is 4.57. The number of rotatable bonds is 7. The van der Waals surface area contributed by atoms with E-state index >= 15 is 0 Å². The maximum absolute atomic E-state index is 12.0. The van der Waals surface area contributed by atoms with Gasteiger partial charge in [0.25, 0.3) is 0 Å². The third-order valence-electron chi connectivity index (χ3n) is 4.32. The van der Waals surface area contributed by atoms with Crippen LogP contribution in [0.5, 0.6) is 0 Å². The number of carboxylic acid groups (broad SMARTS) is 1. The van der Waals surface area contributed by atoms with Crippen LogP contribution in [0.25, 0.3) is 11.1 Å². The van der Waals surface area contributed by atoms with Crippen molar-refractivity contribution in [1.82, 2.24) is 5.32 Å². The van der Waals surface area contributed by atoms with E-state index in [1.807, 2.05) is 48.5 Å². The predicted molar refractivity (Wildman–Crippen MR) is 115 cm³/mol. The molecule has 12 heteroatoms. The van der Waals surface area contributed by atoms with E-state index < -0.39 is 33.0 Å². The van der Waals surface area contributed by atoms with Crippen LogP contribution in [-0.4, -0.2) is 108 Å². The molecule has 1 atom stereocenters. The van der Waals surface area contributed by atoms with Crippen molar-refractivity contribution in [2.45, 2.75) is 12.0 Å². The van der Waals surface area contributed by atoms with Gasteiger partial charge in [0.05, 0.1) is 0 Å². The van der Waals surface area contributed by atoms with Crippen LogP contribution in [0.1, 0.15) is 17.0 Å². The average molecular weight is 469 g/mol. The van der Waals surface area contributed by atoms with Gasteiger partial charge in [-0.3, -0.25) is 4.55 Å². The Morgan fingerprint density at radius 2 is 1.53 bits per heavy atom. The first-order valence-corrected chi connectivity index (χ1v) is 11.2. The number of hydrogen-bond donors (Lipinski definition) is 3. The third-order valence-corrected chi connectivity index (χ3v) is 6.39. The molecule has 2 aromatic carbocycles. The van der Waals surface area contributed by atoms with Gasteiger partial charge in [0.1, 0.15) is 12.6 Å². The first kappa shape index (κ1) is 27.5. The summed E-state index contributed by atoms with van der Waals surface area (Å²) in [6.07, 6.45) is -0.981. The average Bonchev–Trinajstić information content (AvgIpc) is 2.96. The molecule has 0 saturated heterocycles. The molecule has 0 spiro atoms. The molecular weight excluding hydrogens is 452 g/mol. The number of carbonyl (C=O) groups excluding carboxylic acids is 1. The SMILES string of the molecule is O=C(N[C@@H](CSS(=O)(=O)O)C(=O)O)OCC1c2ccccc2-c2ccccc21.[Na].[Na]. The zero-order valence-electron chi connectivity index (χ0n) is 16.4. The predicted octanol–water partition coefficient (Wildman–Crippen LogP) is 1.75. The summed E-state index contributed by atoms with van der Waals surface area (Å²) in [5.41, 5.74) is 4.13. The Bertz CT molecular complexity index is 972. The number of ether oxygens (including phenoxy) is 1. The third kappa shape index (κ3) is 6.98. The van der Waals surface area contributed by atoms with Crippen molar-refractivity contribution in [3.05, 3.63) is 59.7 Å². The first-order chi connectivity index (χ1) is 13.3. The number of benzene rings is 2. The second kappa shape index (κ2) is 11.9. The molecule has 0 bridgehead atoms. The Hall–Kier alpha value is -0.560. The van der Waals surface area contributed by atoms with E-state index in [4.69, 9.17) is 14.4 Å². The van der Waals surface area contributed by atoms with Crippen LogP contribution in [-0.2, 0) is 18.7 Å². The van der Waals surface area contributed by atoms with Gasteiger partial charge < -0.3 is 15.2 Å². The summed E-state index contributed by atoms with van der Waals surface area (Å²) in [5, 5.41) is 11.2. The van der Waals surface area contributed by atoms with Crippen LogP contribution in [0.4, 0.5) is 4.79 Å². The summed E-state index contributed by atoms with van der Waals surface area (Å²) in [6.45, 7) is -0.00234. The second-order valence-corrected chi connectivity index (χ2v) is 9.47. The fraction of sp³-hybridized carbons (Fsp3) is 0.222. The van der Waals surface area contributed by atoms with E-state index in [2.05, 4.69) is 5.32 Å². The molecule has 1 amide bonds. The summed E-state index contributed by atoms with van der Waals surface area (Å²) >= 11 is 0. The van der Waals surface area contributed by atoms with Crippen LogP contribution in [0.15, 0.2) is 48.5 Å². The minimum absolute atomic E-state index is 0. The molecule has 0 aromatic heterocycles. The Labute approximate surface area is 221 Å². The maximum Gasteiger partial charge on any atom is 0.407 e. The van der Waals surface area contributed by atoms with Crippen molar-refractivity contribution in [3.8, 4) is 11.1 Å². The van der Waals surface area contributed by atoms with E-state index in [0.29, 0.717) is 0 Å². The van der Waals surface area contributed by atoms with Crippen molar-refractivity contribution in [3.63, 3.8) is 0 Å². The summed E-state index contributed by atoms with van der Waals surface area (Å²) in [4.78, 5) is 23.2. The summed E-state index contributed by atoms with van der Waals surface area (Å²) in [7, 11) is -4.41. The van der Waals surface area contributed by atoms with E-state index in [9.17, 15) is 18.0 Å². The van der Waals surface area contributed by atoms with Crippen LogP contribution in [0, 0.1) is 0 Å². The monoisotopic (exact) mass is 469 g/mol. The van der Waals surface area contributed by atoms with Crippen molar-refractivity contribution in [2.24, 2.45) is 0 Å². The second-order valence-electron chi connectivity index (χ2n) is 6.07. The topological polar surface area (TPSA) is 130 Å². The number of carbonyl (C=O) groups is 2. The summed E-state index contributed by atoms with van der Waals surface area (Å²) in [5.74, 6) is -2.18. The number of carboxylic acids is 1. The van der Waals surface area contributed by atoms with E-state index in [0.717, 1.165) is 22.3 Å². The summed E-state index contributed by atoms with van der Waals surface area (Å²) in [6, 6.07) is 14.0.